The highest BCUT2D eigenvalue weighted by Gasteiger charge is 2.33. The second-order valence-corrected chi connectivity index (χ2v) is 8.18. The molecule has 32 heavy (non-hydrogen) atoms. The molecule has 0 unspecified atom stereocenters. The van der Waals surface area contributed by atoms with Crippen LogP contribution < -0.4 is 10.6 Å². The van der Waals surface area contributed by atoms with Crippen LogP contribution in [0.4, 0.5) is 0 Å². The number of nitrogens with one attached hydrogen (secondary N) is 2. The molecule has 1 aliphatic carbocycles. The third kappa shape index (κ3) is 4.14. The molecule has 160 valence electrons. The molecule has 1 saturated carbocycles. The second-order valence-electron chi connectivity index (χ2n) is 8.18. The summed E-state index contributed by atoms with van der Waals surface area (Å²) in [4.78, 5) is 26.0. The van der Waals surface area contributed by atoms with Gasteiger partial charge in [0.15, 0.2) is 0 Å². The van der Waals surface area contributed by atoms with Crippen LogP contribution in [0.1, 0.15) is 33.6 Å². The fraction of sp³-hybridized carbons (Fsp3) is 0.185. The van der Waals surface area contributed by atoms with Crippen molar-refractivity contribution in [2.75, 3.05) is 6.54 Å². The Balaban J connectivity index is 1.30. The van der Waals surface area contributed by atoms with Crippen LogP contribution in [0.3, 0.4) is 0 Å². The first-order valence-electron chi connectivity index (χ1n) is 10.9. The fourth-order valence-corrected chi connectivity index (χ4v) is 4.12. The molecule has 0 spiro atoms. The van der Waals surface area contributed by atoms with Crippen LogP contribution in [0.25, 0.3) is 22.1 Å². The number of amides is 2. The van der Waals surface area contributed by atoms with Gasteiger partial charge in [-0.25, -0.2) is 0 Å². The van der Waals surface area contributed by atoms with Gasteiger partial charge in [0.1, 0.15) is 5.58 Å². The molecule has 0 radical (unpaired) electrons. The number of furan rings is 1. The van der Waals surface area contributed by atoms with Gasteiger partial charge in [0.2, 0.25) is 0 Å². The van der Waals surface area contributed by atoms with Gasteiger partial charge in [-0.1, -0.05) is 54.6 Å². The number of rotatable bonds is 7. The lowest BCUT2D eigenvalue weighted by Gasteiger charge is -2.20. The number of carbonyl (C=O) groups excluding carboxylic acids is 2. The Kier molecular flexibility index (Phi) is 5.46. The molecule has 1 aliphatic rings. The van der Waals surface area contributed by atoms with Crippen molar-refractivity contribution in [3.63, 3.8) is 0 Å². The maximum atomic E-state index is 13.2. The number of hydrogen-bond acceptors (Lipinski definition) is 3. The molecule has 0 aliphatic heterocycles. The first-order chi connectivity index (χ1) is 15.7. The van der Waals surface area contributed by atoms with E-state index in [1.54, 1.807) is 24.5 Å². The Bertz CT molecular complexity index is 1260. The smallest absolute Gasteiger partial charge is 0.252 e. The van der Waals surface area contributed by atoms with E-state index in [9.17, 15) is 9.59 Å². The molecule has 5 rings (SSSR count). The van der Waals surface area contributed by atoms with Crippen LogP contribution in [0.2, 0.25) is 0 Å². The summed E-state index contributed by atoms with van der Waals surface area (Å²) >= 11 is 0. The van der Waals surface area contributed by atoms with E-state index in [1.807, 2.05) is 60.7 Å². The van der Waals surface area contributed by atoms with E-state index >= 15 is 0 Å². The highest BCUT2D eigenvalue weighted by Crippen LogP contribution is 2.33. The third-order valence-electron chi connectivity index (χ3n) is 5.99. The first-order valence-corrected chi connectivity index (χ1v) is 10.9. The summed E-state index contributed by atoms with van der Waals surface area (Å²) in [6.07, 6.45) is 3.69. The monoisotopic (exact) mass is 424 g/mol. The quantitative estimate of drug-likeness (QED) is 0.437. The Hall–Kier alpha value is -3.86. The SMILES string of the molecule is O=C(N[C@H](CNC(=O)c1cccc2occc12)C1CC1)c1ccccc1-c1ccccc1. The molecule has 0 bridgehead atoms. The molecule has 3 aromatic carbocycles. The molecule has 0 saturated heterocycles. The highest BCUT2D eigenvalue weighted by molar-refractivity contribution is 6.06. The number of hydrogen-bond donors (Lipinski definition) is 2. The van der Waals surface area contributed by atoms with Crippen LogP contribution in [-0.2, 0) is 0 Å². The second kappa shape index (κ2) is 8.71. The van der Waals surface area contributed by atoms with Gasteiger partial charge in [-0.15, -0.1) is 0 Å². The van der Waals surface area contributed by atoms with E-state index in [1.165, 1.54) is 0 Å². The summed E-state index contributed by atoms with van der Waals surface area (Å²) in [5, 5.41) is 6.97. The van der Waals surface area contributed by atoms with Gasteiger partial charge in [-0.05, 0) is 54.2 Å². The Morgan fingerprint density at radius 2 is 1.59 bits per heavy atom. The predicted octanol–water partition coefficient (Wildman–Crippen LogP) is 5.04. The van der Waals surface area contributed by atoms with Gasteiger partial charge in [0, 0.05) is 23.5 Å². The van der Waals surface area contributed by atoms with Crippen LogP contribution in [0.15, 0.2) is 89.5 Å². The van der Waals surface area contributed by atoms with Crippen LogP contribution >= 0.6 is 0 Å². The van der Waals surface area contributed by atoms with Gasteiger partial charge < -0.3 is 15.1 Å². The molecule has 1 aromatic heterocycles. The van der Waals surface area contributed by atoms with Crippen molar-refractivity contribution in [1.82, 2.24) is 10.6 Å². The fourth-order valence-electron chi connectivity index (χ4n) is 4.12. The van der Waals surface area contributed by atoms with Crippen molar-refractivity contribution in [3.05, 3.63) is 96.3 Å². The maximum Gasteiger partial charge on any atom is 0.252 e. The van der Waals surface area contributed by atoms with Crippen molar-refractivity contribution in [3.8, 4) is 11.1 Å². The van der Waals surface area contributed by atoms with Crippen molar-refractivity contribution in [1.29, 1.82) is 0 Å². The highest BCUT2D eigenvalue weighted by atomic mass is 16.3. The summed E-state index contributed by atoms with van der Waals surface area (Å²) in [5.74, 6) is 0.0991. The van der Waals surface area contributed by atoms with Crippen molar-refractivity contribution in [2.45, 2.75) is 18.9 Å². The van der Waals surface area contributed by atoms with Crippen LogP contribution in [-0.4, -0.2) is 24.4 Å². The predicted molar refractivity (Wildman–Crippen MR) is 124 cm³/mol. The third-order valence-corrected chi connectivity index (χ3v) is 5.99. The Morgan fingerprint density at radius 1 is 0.844 bits per heavy atom. The van der Waals surface area contributed by atoms with Crippen LogP contribution in [0, 0.1) is 5.92 Å². The van der Waals surface area contributed by atoms with Gasteiger partial charge in [-0.2, -0.15) is 0 Å². The summed E-state index contributed by atoms with van der Waals surface area (Å²) in [7, 11) is 0. The minimum atomic E-state index is -0.165. The summed E-state index contributed by atoms with van der Waals surface area (Å²) in [6.45, 7) is 0.386. The van der Waals surface area contributed by atoms with Gasteiger partial charge in [0.05, 0.1) is 11.8 Å². The molecular formula is C27H24N2O3. The lowest BCUT2D eigenvalue weighted by molar-refractivity contribution is 0.0904. The molecule has 5 nitrogen and oxygen atoms in total. The standard InChI is InChI=1S/C27H24N2O3/c30-26(23-11-6-12-25-21(23)15-16-32-25)28-17-24(19-13-14-19)29-27(31)22-10-5-4-9-20(22)18-7-2-1-3-8-18/h1-12,15-16,19,24H,13-14,17H2,(H,28,30)(H,29,31)/t24-/m1/s1. The van der Waals surface area contributed by atoms with E-state index in [0.29, 0.717) is 29.2 Å². The molecular weight excluding hydrogens is 400 g/mol. The average molecular weight is 425 g/mol. The summed E-state index contributed by atoms with van der Waals surface area (Å²) in [6, 6.07) is 24.6. The van der Waals surface area contributed by atoms with E-state index < -0.39 is 0 Å². The minimum Gasteiger partial charge on any atom is -0.464 e. The van der Waals surface area contributed by atoms with Crippen molar-refractivity contribution < 1.29 is 14.0 Å². The average Bonchev–Trinajstić information content (AvgIpc) is 3.57. The molecule has 1 fully saturated rings. The molecule has 2 amide bonds. The summed E-state index contributed by atoms with van der Waals surface area (Å²) in [5.41, 5.74) is 3.80. The number of benzene rings is 3. The Morgan fingerprint density at radius 3 is 2.41 bits per heavy atom. The zero-order valence-corrected chi connectivity index (χ0v) is 17.6. The topological polar surface area (TPSA) is 71.3 Å². The first kappa shape index (κ1) is 20.1. The van der Waals surface area contributed by atoms with Gasteiger partial charge in [0.25, 0.3) is 11.8 Å². The van der Waals surface area contributed by atoms with Gasteiger partial charge in [-0.3, -0.25) is 9.59 Å². The van der Waals surface area contributed by atoms with E-state index in [2.05, 4.69) is 10.6 Å². The minimum absolute atomic E-state index is 0.112. The lowest BCUT2D eigenvalue weighted by atomic mass is 9.99. The molecule has 5 heteroatoms. The zero-order chi connectivity index (χ0) is 21.9. The largest absolute Gasteiger partial charge is 0.464 e. The normalized spacial score (nSPS) is 14.1. The Labute approximate surface area is 186 Å². The molecule has 4 aromatic rings. The zero-order valence-electron chi connectivity index (χ0n) is 17.6. The lowest BCUT2D eigenvalue weighted by Crippen LogP contribution is -2.45. The maximum absolute atomic E-state index is 13.2. The van der Waals surface area contributed by atoms with E-state index in [4.69, 9.17) is 4.42 Å². The molecule has 1 atom stereocenters. The molecule has 1 heterocycles. The number of fused-ring (bicyclic) bond motifs is 1. The number of carbonyl (C=O) groups is 2. The van der Waals surface area contributed by atoms with Gasteiger partial charge >= 0.3 is 0 Å². The van der Waals surface area contributed by atoms with Crippen LogP contribution in [0.5, 0.6) is 0 Å². The van der Waals surface area contributed by atoms with E-state index in [0.717, 1.165) is 29.4 Å². The van der Waals surface area contributed by atoms with Crippen molar-refractivity contribution >= 4 is 22.8 Å². The van der Waals surface area contributed by atoms with Crippen molar-refractivity contribution in [2.24, 2.45) is 5.92 Å². The summed E-state index contributed by atoms with van der Waals surface area (Å²) < 4.78 is 5.39. The molecule has 2 N–H and O–H groups in total. The van der Waals surface area contributed by atoms with E-state index in [-0.39, 0.29) is 17.9 Å².